The van der Waals surface area contributed by atoms with Gasteiger partial charge in [-0.15, -0.1) is 0 Å². The van der Waals surface area contributed by atoms with Gasteiger partial charge in [-0.1, -0.05) is 5.16 Å². The molecule has 0 aromatic carbocycles. The van der Waals surface area contributed by atoms with Crippen LogP contribution in [0.2, 0.25) is 0 Å². The Bertz CT molecular complexity index is 310. The number of nitrogens with two attached hydrogens (primary N) is 1. The molecule has 2 N–H and O–H groups in total. The molecule has 0 spiro atoms. The van der Waals surface area contributed by atoms with Gasteiger partial charge in [0.2, 0.25) is 11.7 Å². The third-order valence-corrected chi connectivity index (χ3v) is 2.21. The first-order chi connectivity index (χ1) is 6.57. The predicted molar refractivity (Wildman–Crippen MR) is 49.4 cm³/mol. The third-order valence-electron chi connectivity index (χ3n) is 2.21. The van der Waals surface area contributed by atoms with Gasteiger partial charge in [-0.25, -0.2) is 0 Å². The maximum atomic E-state index is 5.83. The van der Waals surface area contributed by atoms with Crippen molar-refractivity contribution >= 4 is 0 Å². The lowest BCUT2D eigenvalue weighted by Gasteiger charge is -2.11. The zero-order valence-corrected chi connectivity index (χ0v) is 8.49. The average Bonchev–Trinajstić information content (AvgIpc) is 2.73. The Labute approximate surface area is 82.6 Å². The zero-order valence-electron chi connectivity index (χ0n) is 8.49. The average molecular weight is 197 g/mol. The Hall–Kier alpha value is -0.940. The van der Waals surface area contributed by atoms with E-state index in [9.17, 15) is 0 Å². The van der Waals surface area contributed by atoms with Gasteiger partial charge in [0.1, 0.15) is 6.10 Å². The standard InChI is InChI=1S/C9H15N3O2/c1-9(2,10)8-11-7(12-14-8)6-4-3-5-13-6/h6H,3-5,10H2,1-2H3. The molecule has 2 heterocycles. The van der Waals surface area contributed by atoms with Gasteiger partial charge in [0.15, 0.2) is 0 Å². The van der Waals surface area contributed by atoms with E-state index in [1.54, 1.807) is 0 Å². The number of hydrogen-bond donors (Lipinski definition) is 1. The van der Waals surface area contributed by atoms with Crippen LogP contribution in [0, 0.1) is 0 Å². The van der Waals surface area contributed by atoms with Crippen molar-refractivity contribution in [1.29, 1.82) is 0 Å². The molecule has 1 aromatic rings. The highest BCUT2D eigenvalue weighted by Crippen LogP contribution is 2.27. The molecule has 0 amide bonds. The normalized spacial score (nSPS) is 22.9. The van der Waals surface area contributed by atoms with Gasteiger partial charge < -0.3 is 15.0 Å². The van der Waals surface area contributed by atoms with Crippen molar-refractivity contribution < 1.29 is 9.26 Å². The van der Waals surface area contributed by atoms with E-state index >= 15 is 0 Å². The summed E-state index contributed by atoms with van der Waals surface area (Å²) in [6, 6.07) is 0. The fourth-order valence-electron chi connectivity index (χ4n) is 1.41. The molecule has 1 unspecified atom stereocenters. The van der Waals surface area contributed by atoms with Gasteiger partial charge in [-0.2, -0.15) is 4.98 Å². The summed E-state index contributed by atoms with van der Waals surface area (Å²) in [5.41, 5.74) is 5.25. The number of nitrogens with zero attached hydrogens (tertiary/aromatic N) is 2. The molecule has 5 nitrogen and oxygen atoms in total. The van der Waals surface area contributed by atoms with E-state index in [2.05, 4.69) is 10.1 Å². The molecule has 0 saturated carbocycles. The minimum atomic E-state index is -0.580. The number of ether oxygens (including phenoxy) is 1. The van der Waals surface area contributed by atoms with Crippen molar-refractivity contribution in [3.05, 3.63) is 11.7 Å². The van der Waals surface area contributed by atoms with Crippen molar-refractivity contribution in [2.24, 2.45) is 5.73 Å². The third kappa shape index (κ3) is 1.78. The van der Waals surface area contributed by atoms with Crippen molar-refractivity contribution in [3.63, 3.8) is 0 Å². The molecule has 5 heteroatoms. The first-order valence-corrected chi connectivity index (χ1v) is 4.82. The molecule has 1 fully saturated rings. The lowest BCUT2D eigenvalue weighted by molar-refractivity contribution is 0.103. The molecular weight excluding hydrogens is 182 g/mol. The van der Waals surface area contributed by atoms with Crippen LogP contribution in [0.15, 0.2) is 4.52 Å². The summed E-state index contributed by atoms with van der Waals surface area (Å²) < 4.78 is 10.5. The Balaban J connectivity index is 2.17. The number of rotatable bonds is 2. The molecule has 1 aromatic heterocycles. The minimum Gasteiger partial charge on any atom is -0.370 e. The number of aromatic nitrogens is 2. The summed E-state index contributed by atoms with van der Waals surface area (Å²) in [6.45, 7) is 4.44. The SMILES string of the molecule is CC(C)(N)c1nc(C2CCCO2)no1. The highest BCUT2D eigenvalue weighted by Gasteiger charge is 2.27. The largest absolute Gasteiger partial charge is 0.370 e. The second-order valence-electron chi connectivity index (χ2n) is 4.18. The van der Waals surface area contributed by atoms with Crippen molar-refractivity contribution in [3.8, 4) is 0 Å². The summed E-state index contributed by atoms with van der Waals surface area (Å²) >= 11 is 0. The molecule has 0 aliphatic carbocycles. The molecule has 14 heavy (non-hydrogen) atoms. The van der Waals surface area contributed by atoms with E-state index in [1.165, 1.54) is 0 Å². The summed E-state index contributed by atoms with van der Waals surface area (Å²) in [5.74, 6) is 1.08. The molecule has 2 rings (SSSR count). The molecule has 78 valence electrons. The highest BCUT2D eigenvalue weighted by atomic mass is 16.5. The van der Waals surface area contributed by atoms with Crippen LogP contribution in [0.5, 0.6) is 0 Å². The van der Waals surface area contributed by atoms with Crippen LogP contribution in [0.25, 0.3) is 0 Å². The Kier molecular flexibility index (Phi) is 2.28. The van der Waals surface area contributed by atoms with E-state index in [1.807, 2.05) is 13.8 Å². The second kappa shape index (κ2) is 3.33. The topological polar surface area (TPSA) is 74.2 Å². The smallest absolute Gasteiger partial charge is 0.246 e. The van der Waals surface area contributed by atoms with Gasteiger partial charge in [0.25, 0.3) is 0 Å². The van der Waals surface area contributed by atoms with Crippen LogP contribution < -0.4 is 5.73 Å². The van der Waals surface area contributed by atoms with Crippen LogP contribution in [-0.4, -0.2) is 16.7 Å². The number of hydrogen-bond acceptors (Lipinski definition) is 5. The van der Waals surface area contributed by atoms with Crippen molar-refractivity contribution in [1.82, 2.24) is 10.1 Å². The fourth-order valence-corrected chi connectivity index (χ4v) is 1.41. The molecule has 0 bridgehead atoms. The van der Waals surface area contributed by atoms with Gasteiger partial charge in [-0.3, -0.25) is 0 Å². The fraction of sp³-hybridized carbons (Fsp3) is 0.778. The molecule has 1 atom stereocenters. The summed E-state index contributed by atoms with van der Waals surface area (Å²) in [4.78, 5) is 4.24. The van der Waals surface area contributed by atoms with E-state index in [-0.39, 0.29) is 6.10 Å². The summed E-state index contributed by atoms with van der Waals surface area (Å²) in [7, 11) is 0. The van der Waals surface area contributed by atoms with E-state index < -0.39 is 5.54 Å². The Morgan fingerprint density at radius 3 is 2.79 bits per heavy atom. The van der Waals surface area contributed by atoms with Gasteiger partial charge in [0.05, 0.1) is 5.54 Å². The van der Waals surface area contributed by atoms with Crippen LogP contribution in [0.3, 0.4) is 0 Å². The highest BCUT2D eigenvalue weighted by molar-refractivity contribution is 5.00. The van der Waals surface area contributed by atoms with Crippen LogP contribution in [0.1, 0.15) is 44.5 Å². The van der Waals surface area contributed by atoms with Crippen molar-refractivity contribution in [2.75, 3.05) is 6.61 Å². The quantitative estimate of drug-likeness (QED) is 0.768. The maximum Gasteiger partial charge on any atom is 0.246 e. The predicted octanol–water partition coefficient (Wildman–Crippen LogP) is 1.11. The van der Waals surface area contributed by atoms with E-state index in [0.717, 1.165) is 19.4 Å². The van der Waals surface area contributed by atoms with Crippen LogP contribution in [-0.2, 0) is 10.3 Å². The molecule has 0 radical (unpaired) electrons. The lowest BCUT2D eigenvalue weighted by atomic mass is 10.1. The maximum absolute atomic E-state index is 5.83. The molecular formula is C9H15N3O2. The van der Waals surface area contributed by atoms with E-state index in [0.29, 0.717) is 11.7 Å². The Morgan fingerprint density at radius 1 is 1.50 bits per heavy atom. The first-order valence-electron chi connectivity index (χ1n) is 4.82. The first kappa shape index (κ1) is 9.61. The zero-order chi connectivity index (χ0) is 10.2. The lowest BCUT2D eigenvalue weighted by Crippen LogP contribution is -2.29. The minimum absolute atomic E-state index is 0.00477. The van der Waals surface area contributed by atoms with Crippen molar-refractivity contribution in [2.45, 2.75) is 38.3 Å². The van der Waals surface area contributed by atoms with Crippen LogP contribution in [0.4, 0.5) is 0 Å². The molecule has 1 aliphatic heterocycles. The van der Waals surface area contributed by atoms with Gasteiger partial charge in [0, 0.05) is 6.61 Å². The Morgan fingerprint density at radius 2 is 2.29 bits per heavy atom. The molecule has 1 aliphatic rings. The van der Waals surface area contributed by atoms with E-state index in [4.69, 9.17) is 15.0 Å². The second-order valence-corrected chi connectivity index (χ2v) is 4.18. The van der Waals surface area contributed by atoms with Gasteiger partial charge >= 0.3 is 0 Å². The summed E-state index contributed by atoms with van der Waals surface area (Å²) in [6.07, 6.45) is 2.01. The molecule has 1 saturated heterocycles. The van der Waals surface area contributed by atoms with Gasteiger partial charge in [-0.05, 0) is 26.7 Å². The monoisotopic (exact) mass is 197 g/mol. The van der Waals surface area contributed by atoms with Crippen LogP contribution >= 0.6 is 0 Å². The summed E-state index contributed by atoms with van der Waals surface area (Å²) in [5, 5.41) is 3.87.